The standard InChI is InChI=1S/C62H39FN2OS/c63-55-37-42(40-18-5-1-6-19-40)36-53(41-20-7-2-8-21-41)60(55)65(44-24-11-4-12-25-44)45-32-34-51-54(38-45)47-26-13-14-28-49(47)59-52-35-33-46(39-58(52)67-62(51)59)64(43-22-9-3-10-23-43)56-30-17-29-50-48-27-15-16-31-57(48)66-61(50)56/h1-39H. The van der Waals surface area contributed by atoms with Crippen LogP contribution in [0.2, 0.25) is 0 Å². The van der Waals surface area contributed by atoms with Crippen LogP contribution in [-0.2, 0) is 0 Å². The molecule has 0 aliphatic carbocycles. The van der Waals surface area contributed by atoms with E-state index in [1.54, 1.807) is 6.07 Å². The van der Waals surface area contributed by atoms with Gasteiger partial charge >= 0.3 is 0 Å². The molecule has 67 heavy (non-hydrogen) atoms. The van der Waals surface area contributed by atoms with E-state index >= 15 is 4.39 Å². The monoisotopic (exact) mass is 878 g/mol. The SMILES string of the molecule is Fc1cc(-c2ccccc2)cc(-c2ccccc2)c1N(c1ccccc1)c1ccc2c(c1)c1ccccc1c1c3ccc(N(c4ccccc4)c4cccc5c4oc4ccccc45)cc3sc21. The van der Waals surface area contributed by atoms with Gasteiger partial charge in [-0.2, -0.15) is 0 Å². The van der Waals surface area contributed by atoms with E-state index in [-0.39, 0.29) is 5.82 Å². The Hall–Kier alpha value is -8.51. The van der Waals surface area contributed by atoms with Crippen molar-refractivity contribution in [3.8, 4) is 22.3 Å². The number of fused-ring (bicyclic) bond motifs is 11. The summed E-state index contributed by atoms with van der Waals surface area (Å²) < 4.78 is 26.4. The molecule has 0 aliphatic heterocycles. The van der Waals surface area contributed by atoms with E-state index in [0.717, 1.165) is 88.8 Å². The number of thiophene rings is 1. The lowest BCUT2D eigenvalue weighted by Crippen LogP contribution is -2.13. The molecule has 13 rings (SSSR count). The second kappa shape index (κ2) is 15.9. The number of nitrogens with zero attached hydrogens (tertiary/aromatic N) is 2. The molecule has 316 valence electrons. The van der Waals surface area contributed by atoms with Crippen LogP contribution >= 0.6 is 11.3 Å². The van der Waals surface area contributed by atoms with E-state index in [4.69, 9.17) is 4.42 Å². The van der Waals surface area contributed by atoms with Crippen molar-refractivity contribution in [1.29, 1.82) is 0 Å². The van der Waals surface area contributed by atoms with E-state index in [2.05, 4.69) is 161 Å². The van der Waals surface area contributed by atoms with Crippen molar-refractivity contribution in [1.82, 2.24) is 0 Å². The maximum absolute atomic E-state index is 17.4. The van der Waals surface area contributed by atoms with Crippen LogP contribution in [0.3, 0.4) is 0 Å². The lowest BCUT2D eigenvalue weighted by atomic mass is 9.94. The molecule has 0 N–H and O–H groups in total. The summed E-state index contributed by atoms with van der Waals surface area (Å²) in [7, 11) is 0. The quantitative estimate of drug-likeness (QED) is 0.142. The molecule has 13 aromatic rings. The van der Waals surface area contributed by atoms with Gasteiger partial charge in [0.25, 0.3) is 0 Å². The van der Waals surface area contributed by atoms with Crippen molar-refractivity contribution >= 4 is 109 Å². The van der Waals surface area contributed by atoms with Crippen molar-refractivity contribution in [3.05, 3.63) is 242 Å². The van der Waals surface area contributed by atoms with Crippen molar-refractivity contribution in [3.63, 3.8) is 0 Å². The van der Waals surface area contributed by atoms with Crippen molar-refractivity contribution in [2.45, 2.75) is 0 Å². The van der Waals surface area contributed by atoms with E-state index in [1.807, 2.05) is 90.2 Å². The first-order valence-electron chi connectivity index (χ1n) is 22.5. The Morgan fingerprint density at radius 2 is 0.955 bits per heavy atom. The highest BCUT2D eigenvalue weighted by atomic mass is 32.1. The number of furan rings is 1. The molecule has 5 heteroatoms. The van der Waals surface area contributed by atoms with Gasteiger partial charge in [-0.05, 0) is 106 Å². The Morgan fingerprint density at radius 3 is 1.69 bits per heavy atom. The molecule has 0 unspecified atom stereocenters. The highest BCUT2D eigenvalue weighted by Crippen LogP contribution is 2.50. The lowest BCUT2D eigenvalue weighted by molar-refractivity contribution is 0.630. The minimum Gasteiger partial charge on any atom is -0.454 e. The van der Waals surface area contributed by atoms with E-state index in [9.17, 15) is 0 Å². The zero-order chi connectivity index (χ0) is 44.4. The molecule has 0 saturated carbocycles. The second-order valence-corrected chi connectivity index (χ2v) is 18.0. The predicted molar refractivity (Wildman–Crippen MR) is 282 cm³/mol. The normalized spacial score (nSPS) is 11.7. The van der Waals surface area contributed by atoms with Crippen LogP contribution in [-0.4, -0.2) is 0 Å². The number of para-hydroxylation sites is 4. The largest absolute Gasteiger partial charge is 0.454 e. The average molecular weight is 879 g/mol. The third-order valence-corrected chi connectivity index (χ3v) is 14.2. The summed E-state index contributed by atoms with van der Waals surface area (Å²) in [6, 6.07) is 81.6. The van der Waals surface area contributed by atoms with Crippen LogP contribution < -0.4 is 9.80 Å². The first-order chi connectivity index (χ1) is 33.2. The Morgan fingerprint density at radius 1 is 0.373 bits per heavy atom. The fraction of sp³-hybridized carbons (Fsp3) is 0. The van der Waals surface area contributed by atoms with E-state index in [1.165, 1.54) is 25.6 Å². The molecule has 0 aliphatic rings. The molecule has 0 radical (unpaired) electrons. The third-order valence-electron chi connectivity index (χ3n) is 13.1. The van der Waals surface area contributed by atoms with Crippen molar-refractivity contribution < 1.29 is 8.81 Å². The molecule has 0 spiro atoms. The highest BCUT2D eigenvalue weighted by molar-refractivity contribution is 7.27. The number of rotatable bonds is 8. The number of hydrogen-bond acceptors (Lipinski definition) is 4. The summed E-state index contributed by atoms with van der Waals surface area (Å²) in [5.74, 6) is -0.300. The van der Waals surface area contributed by atoms with Crippen LogP contribution in [0, 0.1) is 5.82 Å². The van der Waals surface area contributed by atoms with Gasteiger partial charge in [0.15, 0.2) is 5.58 Å². The summed E-state index contributed by atoms with van der Waals surface area (Å²) in [4.78, 5) is 4.40. The molecule has 0 amide bonds. The Labute approximate surface area is 390 Å². The predicted octanol–water partition coefficient (Wildman–Crippen LogP) is 18.7. The Balaban J connectivity index is 1.02. The third kappa shape index (κ3) is 6.46. The molecule has 2 aromatic heterocycles. The number of halogens is 1. The molecular weight excluding hydrogens is 840 g/mol. The van der Waals surface area contributed by atoms with Gasteiger partial charge in [0, 0.05) is 64.6 Å². The number of hydrogen-bond donors (Lipinski definition) is 0. The maximum Gasteiger partial charge on any atom is 0.159 e. The second-order valence-electron chi connectivity index (χ2n) is 16.9. The van der Waals surface area contributed by atoms with Gasteiger partial charge in [0.1, 0.15) is 11.4 Å². The maximum atomic E-state index is 17.4. The average Bonchev–Trinajstić information content (AvgIpc) is 3.98. The molecule has 0 saturated heterocycles. The fourth-order valence-electron chi connectivity index (χ4n) is 10.1. The summed E-state index contributed by atoms with van der Waals surface area (Å²) in [5.41, 5.74) is 10.6. The lowest BCUT2D eigenvalue weighted by Gasteiger charge is -2.29. The number of anilines is 6. The highest BCUT2D eigenvalue weighted by Gasteiger charge is 2.25. The van der Waals surface area contributed by atoms with Gasteiger partial charge in [0.2, 0.25) is 0 Å². The van der Waals surface area contributed by atoms with Gasteiger partial charge in [-0.15, -0.1) is 11.3 Å². The molecule has 0 bridgehead atoms. The topological polar surface area (TPSA) is 19.6 Å². The summed E-state index contributed by atoms with van der Waals surface area (Å²) in [6.45, 7) is 0. The number of benzene rings is 11. The zero-order valence-electron chi connectivity index (χ0n) is 36.1. The van der Waals surface area contributed by atoms with Crippen LogP contribution in [0.1, 0.15) is 0 Å². The Kier molecular flexibility index (Phi) is 9.22. The minimum absolute atomic E-state index is 0.300. The first-order valence-corrected chi connectivity index (χ1v) is 23.3. The summed E-state index contributed by atoms with van der Waals surface area (Å²) in [6.07, 6.45) is 0. The minimum atomic E-state index is -0.300. The molecule has 0 fully saturated rings. The first kappa shape index (κ1) is 38.9. The van der Waals surface area contributed by atoms with Gasteiger partial charge in [0.05, 0.1) is 11.4 Å². The van der Waals surface area contributed by atoms with Gasteiger partial charge in [-0.3, -0.25) is 0 Å². The molecule has 3 nitrogen and oxygen atoms in total. The van der Waals surface area contributed by atoms with E-state index in [0.29, 0.717) is 5.69 Å². The van der Waals surface area contributed by atoms with Crippen molar-refractivity contribution in [2.24, 2.45) is 0 Å². The van der Waals surface area contributed by atoms with Crippen molar-refractivity contribution in [2.75, 3.05) is 9.80 Å². The molecular formula is C62H39FN2OS. The summed E-state index contributed by atoms with van der Waals surface area (Å²) >= 11 is 1.82. The molecule has 0 atom stereocenters. The van der Waals surface area contributed by atoms with Gasteiger partial charge in [-0.1, -0.05) is 164 Å². The van der Waals surface area contributed by atoms with Crippen LogP contribution in [0.15, 0.2) is 241 Å². The van der Waals surface area contributed by atoms with Crippen LogP contribution in [0.5, 0.6) is 0 Å². The zero-order valence-corrected chi connectivity index (χ0v) is 36.9. The fourth-order valence-corrected chi connectivity index (χ4v) is 11.4. The van der Waals surface area contributed by atoms with E-state index < -0.39 is 0 Å². The summed E-state index contributed by atoms with van der Waals surface area (Å²) in [5, 5.41) is 9.23. The van der Waals surface area contributed by atoms with Crippen LogP contribution in [0.25, 0.3) is 85.9 Å². The Bertz CT molecular complexity index is 4000. The van der Waals surface area contributed by atoms with Crippen LogP contribution in [0.4, 0.5) is 38.5 Å². The van der Waals surface area contributed by atoms with Gasteiger partial charge in [-0.25, -0.2) is 4.39 Å². The molecule has 2 heterocycles. The van der Waals surface area contributed by atoms with Gasteiger partial charge < -0.3 is 14.2 Å². The molecule has 11 aromatic carbocycles. The smallest absolute Gasteiger partial charge is 0.159 e.